The molecule has 1 heterocycles. The van der Waals surface area contributed by atoms with E-state index in [4.69, 9.17) is 5.11 Å². The van der Waals surface area contributed by atoms with Gasteiger partial charge in [0.15, 0.2) is 0 Å². The third-order valence-electron chi connectivity index (χ3n) is 2.32. The van der Waals surface area contributed by atoms with Crippen LogP contribution in [0.1, 0.15) is 20.8 Å². The molecule has 72 valence electrons. The van der Waals surface area contributed by atoms with Gasteiger partial charge in [-0.15, -0.1) is 11.3 Å². The first-order valence-corrected chi connectivity index (χ1v) is 5.14. The number of thiophene rings is 1. The number of aryl methyl sites for hydroxylation is 2. The molecule has 1 aromatic carbocycles. The molecule has 2 rings (SSSR count). The van der Waals surface area contributed by atoms with Crippen molar-refractivity contribution in [2.75, 3.05) is 0 Å². The smallest absolute Gasteiger partial charge is 0.335 e. The van der Waals surface area contributed by atoms with E-state index in [1.165, 1.54) is 4.88 Å². The molecule has 0 aliphatic heterocycles. The standard InChI is InChI=1S/C11H10O2S/c1-6-5-9-7(2)8(11(12)13)3-4-10(9)14-6/h3-5H,1-2H3,(H,12,13). The highest BCUT2D eigenvalue weighted by atomic mass is 32.1. The highest BCUT2D eigenvalue weighted by Gasteiger charge is 2.10. The molecule has 0 bridgehead atoms. The fourth-order valence-corrected chi connectivity index (χ4v) is 2.59. The average molecular weight is 206 g/mol. The fourth-order valence-electron chi connectivity index (χ4n) is 1.61. The van der Waals surface area contributed by atoms with Crippen LogP contribution in [0.15, 0.2) is 18.2 Å². The number of carbonyl (C=O) groups is 1. The number of carboxylic acids is 1. The molecule has 0 fully saturated rings. The van der Waals surface area contributed by atoms with Gasteiger partial charge in [-0.3, -0.25) is 0 Å². The molecule has 0 aliphatic rings. The van der Waals surface area contributed by atoms with E-state index < -0.39 is 5.97 Å². The molecule has 0 aliphatic carbocycles. The van der Waals surface area contributed by atoms with Crippen LogP contribution in [-0.2, 0) is 0 Å². The summed E-state index contributed by atoms with van der Waals surface area (Å²) in [4.78, 5) is 12.1. The maximum atomic E-state index is 10.9. The van der Waals surface area contributed by atoms with Crippen molar-refractivity contribution < 1.29 is 9.90 Å². The van der Waals surface area contributed by atoms with Crippen LogP contribution < -0.4 is 0 Å². The number of benzene rings is 1. The van der Waals surface area contributed by atoms with Crippen molar-refractivity contribution in [1.29, 1.82) is 0 Å². The van der Waals surface area contributed by atoms with E-state index in [0.29, 0.717) is 5.56 Å². The lowest BCUT2D eigenvalue weighted by Gasteiger charge is -2.00. The van der Waals surface area contributed by atoms with E-state index in [1.54, 1.807) is 17.4 Å². The Hall–Kier alpha value is -1.35. The third kappa shape index (κ3) is 1.30. The fraction of sp³-hybridized carbons (Fsp3) is 0.182. The predicted molar refractivity (Wildman–Crippen MR) is 58.3 cm³/mol. The summed E-state index contributed by atoms with van der Waals surface area (Å²) >= 11 is 1.69. The topological polar surface area (TPSA) is 37.3 Å². The molecule has 3 heteroatoms. The SMILES string of the molecule is Cc1cc2c(C)c(C(=O)O)ccc2s1. The van der Waals surface area contributed by atoms with Crippen molar-refractivity contribution in [1.82, 2.24) is 0 Å². The lowest BCUT2D eigenvalue weighted by Crippen LogP contribution is -1.98. The van der Waals surface area contributed by atoms with Crippen LogP contribution in [0.2, 0.25) is 0 Å². The summed E-state index contributed by atoms with van der Waals surface area (Å²) in [6.07, 6.45) is 0. The van der Waals surface area contributed by atoms with Gasteiger partial charge < -0.3 is 5.11 Å². The molecule has 1 aromatic heterocycles. The van der Waals surface area contributed by atoms with Gasteiger partial charge in [-0.2, -0.15) is 0 Å². The number of hydrogen-bond acceptors (Lipinski definition) is 2. The second kappa shape index (κ2) is 3.10. The van der Waals surface area contributed by atoms with E-state index in [2.05, 4.69) is 0 Å². The molecule has 0 amide bonds. The first kappa shape index (κ1) is 9.21. The molecule has 1 N–H and O–H groups in total. The molecule has 2 aromatic rings. The summed E-state index contributed by atoms with van der Waals surface area (Å²) in [5, 5.41) is 10.00. The molecular formula is C11H10O2S. The summed E-state index contributed by atoms with van der Waals surface area (Å²) in [5.74, 6) is -0.853. The van der Waals surface area contributed by atoms with Gasteiger partial charge in [-0.25, -0.2) is 4.79 Å². The van der Waals surface area contributed by atoms with Gasteiger partial charge in [0, 0.05) is 9.58 Å². The minimum absolute atomic E-state index is 0.398. The van der Waals surface area contributed by atoms with Crippen LogP contribution >= 0.6 is 11.3 Å². The zero-order valence-electron chi connectivity index (χ0n) is 8.00. The Morgan fingerprint density at radius 2 is 2.07 bits per heavy atom. The van der Waals surface area contributed by atoms with Gasteiger partial charge in [-0.1, -0.05) is 0 Å². The van der Waals surface area contributed by atoms with Gasteiger partial charge in [0.25, 0.3) is 0 Å². The molecule has 0 saturated carbocycles. The largest absolute Gasteiger partial charge is 0.478 e. The summed E-state index contributed by atoms with van der Waals surface area (Å²) in [6.45, 7) is 3.89. The van der Waals surface area contributed by atoms with Gasteiger partial charge in [0.05, 0.1) is 5.56 Å². The number of aromatic carboxylic acids is 1. The molecule has 0 atom stereocenters. The summed E-state index contributed by atoms with van der Waals surface area (Å²) in [7, 11) is 0. The predicted octanol–water partition coefficient (Wildman–Crippen LogP) is 3.22. The van der Waals surface area contributed by atoms with Crippen molar-refractivity contribution in [3.63, 3.8) is 0 Å². The maximum Gasteiger partial charge on any atom is 0.335 e. The number of fused-ring (bicyclic) bond motifs is 1. The first-order valence-electron chi connectivity index (χ1n) is 4.32. The molecule has 0 radical (unpaired) electrons. The average Bonchev–Trinajstić information content (AvgIpc) is 2.46. The van der Waals surface area contributed by atoms with Gasteiger partial charge in [-0.05, 0) is 43.0 Å². The van der Waals surface area contributed by atoms with E-state index in [1.807, 2.05) is 26.0 Å². The van der Waals surface area contributed by atoms with Gasteiger partial charge in [0.1, 0.15) is 0 Å². The maximum absolute atomic E-state index is 10.9. The quantitative estimate of drug-likeness (QED) is 0.777. The van der Waals surface area contributed by atoms with Crippen LogP contribution in [0.3, 0.4) is 0 Å². The Morgan fingerprint density at radius 1 is 1.36 bits per heavy atom. The lowest BCUT2D eigenvalue weighted by atomic mass is 10.1. The molecule has 0 saturated heterocycles. The van der Waals surface area contributed by atoms with E-state index in [9.17, 15) is 4.79 Å². The highest BCUT2D eigenvalue weighted by Crippen LogP contribution is 2.29. The Morgan fingerprint density at radius 3 is 2.71 bits per heavy atom. The Kier molecular flexibility index (Phi) is 2.04. The second-order valence-corrected chi connectivity index (χ2v) is 4.60. The molecule has 0 spiro atoms. The van der Waals surface area contributed by atoms with E-state index >= 15 is 0 Å². The van der Waals surface area contributed by atoms with Crippen LogP contribution in [0.5, 0.6) is 0 Å². The summed E-state index contributed by atoms with van der Waals surface area (Å²) < 4.78 is 1.16. The second-order valence-electron chi connectivity index (χ2n) is 3.31. The number of hydrogen-bond donors (Lipinski definition) is 1. The number of rotatable bonds is 1. The number of carboxylic acid groups (broad SMARTS) is 1. The van der Waals surface area contributed by atoms with Gasteiger partial charge in [0.2, 0.25) is 0 Å². The van der Waals surface area contributed by atoms with Crippen molar-refractivity contribution in [3.05, 3.63) is 34.2 Å². The molecule has 2 nitrogen and oxygen atoms in total. The van der Waals surface area contributed by atoms with Crippen molar-refractivity contribution in [2.45, 2.75) is 13.8 Å². The van der Waals surface area contributed by atoms with Crippen LogP contribution in [0.25, 0.3) is 10.1 Å². The third-order valence-corrected chi connectivity index (χ3v) is 3.34. The summed E-state index contributed by atoms with van der Waals surface area (Å²) in [6, 6.07) is 5.60. The minimum Gasteiger partial charge on any atom is -0.478 e. The Bertz CT molecular complexity index is 511. The molecule has 14 heavy (non-hydrogen) atoms. The van der Waals surface area contributed by atoms with Crippen molar-refractivity contribution in [2.24, 2.45) is 0 Å². The molecular weight excluding hydrogens is 196 g/mol. The lowest BCUT2D eigenvalue weighted by molar-refractivity contribution is 0.0696. The van der Waals surface area contributed by atoms with E-state index in [-0.39, 0.29) is 0 Å². The first-order chi connectivity index (χ1) is 6.59. The van der Waals surface area contributed by atoms with Crippen molar-refractivity contribution in [3.8, 4) is 0 Å². The van der Waals surface area contributed by atoms with E-state index in [0.717, 1.165) is 15.6 Å². The Labute approximate surface area is 85.8 Å². The van der Waals surface area contributed by atoms with Crippen LogP contribution in [-0.4, -0.2) is 11.1 Å². The summed E-state index contributed by atoms with van der Waals surface area (Å²) in [5.41, 5.74) is 1.26. The zero-order valence-corrected chi connectivity index (χ0v) is 8.81. The van der Waals surface area contributed by atoms with Crippen LogP contribution in [0.4, 0.5) is 0 Å². The monoisotopic (exact) mass is 206 g/mol. The highest BCUT2D eigenvalue weighted by molar-refractivity contribution is 7.19. The minimum atomic E-state index is -0.853. The van der Waals surface area contributed by atoms with Crippen LogP contribution in [0, 0.1) is 13.8 Å². The van der Waals surface area contributed by atoms with Gasteiger partial charge >= 0.3 is 5.97 Å². The van der Waals surface area contributed by atoms with Crippen molar-refractivity contribution >= 4 is 27.4 Å². The Balaban J connectivity index is 2.80. The zero-order chi connectivity index (χ0) is 10.3. The normalized spacial score (nSPS) is 10.7. The molecule has 0 unspecified atom stereocenters.